The molecule has 3 aromatic rings. The van der Waals surface area contributed by atoms with Gasteiger partial charge in [0.15, 0.2) is 5.69 Å². The van der Waals surface area contributed by atoms with Crippen LogP contribution in [0.4, 0.5) is 0 Å². The zero-order chi connectivity index (χ0) is 18.8. The maximum atomic E-state index is 11.4. The van der Waals surface area contributed by atoms with Gasteiger partial charge in [-0.1, -0.05) is 64.1 Å². The third-order valence-corrected chi connectivity index (χ3v) is 4.61. The number of nitrogens with zero attached hydrogens (tertiary/aromatic N) is 2. The summed E-state index contributed by atoms with van der Waals surface area (Å²) in [6.45, 7) is 8.59. The van der Waals surface area contributed by atoms with Crippen molar-refractivity contribution in [1.82, 2.24) is 9.78 Å². The SMILES string of the molecule is CC(C)c1ccc(-c2cc(C(=O)O)nn2-c2ccc(C(C)C)cc2)cc1. The zero-order valence-corrected chi connectivity index (χ0v) is 15.6. The molecule has 0 spiro atoms. The molecule has 1 aromatic heterocycles. The molecule has 4 nitrogen and oxygen atoms in total. The summed E-state index contributed by atoms with van der Waals surface area (Å²) >= 11 is 0. The van der Waals surface area contributed by atoms with E-state index in [9.17, 15) is 9.90 Å². The van der Waals surface area contributed by atoms with Crippen molar-refractivity contribution >= 4 is 5.97 Å². The number of aromatic carboxylic acids is 1. The van der Waals surface area contributed by atoms with Crippen LogP contribution in [0.1, 0.15) is 61.1 Å². The number of rotatable bonds is 5. The maximum Gasteiger partial charge on any atom is 0.356 e. The first-order valence-electron chi connectivity index (χ1n) is 8.91. The second kappa shape index (κ2) is 7.16. The van der Waals surface area contributed by atoms with Crippen LogP contribution in [-0.2, 0) is 0 Å². The molecule has 2 aromatic carbocycles. The molecule has 1 heterocycles. The highest BCUT2D eigenvalue weighted by Crippen LogP contribution is 2.27. The van der Waals surface area contributed by atoms with Crippen LogP contribution < -0.4 is 0 Å². The first-order valence-corrected chi connectivity index (χ1v) is 8.91. The fraction of sp³-hybridized carbons (Fsp3) is 0.273. The fourth-order valence-corrected chi connectivity index (χ4v) is 2.93. The molecule has 0 radical (unpaired) electrons. The van der Waals surface area contributed by atoms with Crippen LogP contribution >= 0.6 is 0 Å². The Bertz CT molecular complexity index is 835. The Balaban J connectivity index is 2.08. The monoisotopic (exact) mass is 348 g/mol. The Hall–Kier alpha value is -2.88. The average Bonchev–Trinajstić information content (AvgIpc) is 3.07. The van der Waals surface area contributed by atoms with Crippen LogP contribution in [0.5, 0.6) is 0 Å². The van der Waals surface area contributed by atoms with Gasteiger partial charge in [-0.05, 0) is 41.2 Å². The highest BCUT2D eigenvalue weighted by atomic mass is 16.4. The summed E-state index contributed by atoms with van der Waals surface area (Å²) < 4.78 is 1.71. The van der Waals surface area contributed by atoms with E-state index in [0.29, 0.717) is 11.8 Å². The summed E-state index contributed by atoms with van der Waals surface area (Å²) in [6.07, 6.45) is 0. The summed E-state index contributed by atoms with van der Waals surface area (Å²) in [7, 11) is 0. The molecule has 3 rings (SSSR count). The molecule has 0 fully saturated rings. The van der Waals surface area contributed by atoms with Gasteiger partial charge in [-0.25, -0.2) is 9.48 Å². The van der Waals surface area contributed by atoms with Gasteiger partial charge in [0, 0.05) is 5.56 Å². The Labute approximate surface area is 154 Å². The minimum atomic E-state index is -1.03. The molecule has 134 valence electrons. The lowest BCUT2D eigenvalue weighted by atomic mass is 10.0. The van der Waals surface area contributed by atoms with Crippen molar-refractivity contribution in [3.05, 3.63) is 71.4 Å². The molecule has 4 heteroatoms. The standard InChI is InChI=1S/C22H24N2O2/c1-14(2)16-5-7-18(8-6-16)21-13-20(22(25)26)23-24(21)19-11-9-17(10-12-19)15(3)4/h5-15H,1-4H3,(H,25,26). The third kappa shape index (κ3) is 3.54. The Morgan fingerprint density at radius 1 is 0.885 bits per heavy atom. The summed E-state index contributed by atoms with van der Waals surface area (Å²) in [6, 6.07) is 17.9. The van der Waals surface area contributed by atoms with Gasteiger partial charge in [0.25, 0.3) is 0 Å². The Morgan fingerprint density at radius 3 is 1.85 bits per heavy atom. The summed E-state index contributed by atoms with van der Waals surface area (Å²) in [5.74, 6) is -0.131. The van der Waals surface area contributed by atoms with Crippen molar-refractivity contribution in [2.45, 2.75) is 39.5 Å². The number of carbonyl (C=O) groups is 1. The quantitative estimate of drug-likeness (QED) is 0.664. The normalized spacial score (nSPS) is 11.3. The Kier molecular flexibility index (Phi) is 4.94. The highest BCUT2D eigenvalue weighted by molar-refractivity contribution is 5.87. The van der Waals surface area contributed by atoms with Gasteiger partial charge in [0.1, 0.15) is 0 Å². The lowest BCUT2D eigenvalue weighted by Gasteiger charge is -2.11. The number of aromatic nitrogens is 2. The van der Waals surface area contributed by atoms with Crippen LogP contribution in [0.25, 0.3) is 16.9 Å². The van der Waals surface area contributed by atoms with E-state index in [2.05, 4.69) is 57.1 Å². The Morgan fingerprint density at radius 2 is 1.38 bits per heavy atom. The van der Waals surface area contributed by atoms with Crippen molar-refractivity contribution in [1.29, 1.82) is 0 Å². The first kappa shape index (κ1) is 17.9. The van der Waals surface area contributed by atoms with Crippen molar-refractivity contribution in [3.63, 3.8) is 0 Å². The van der Waals surface area contributed by atoms with E-state index < -0.39 is 5.97 Å². The van der Waals surface area contributed by atoms with Gasteiger partial charge < -0.3 is 5.11 Å². The minimum absolute atomic E-state index is 0.0425. The van der Waals surface area contributed by atoms with Gasteiger partial charge in [-0.3, -0.25) is 0 Å². The summed E-state index contributed by atoms with van der Waals surface area (Å²) in [5.41, 5.74) is 5.10. The second-order valence-electron chi connectivity index (χ2n) is 7.15. The van der Waals surface area contributed by atoms with E-state index in [4.69, 9.17) is 0 Å². The maximum absolute atomic E-state index is 11.4. The average molecular weight is 348 g/mol. The molecule has 0 aliphatic rings. The molecule has 0 aliphatic heterocycles. The van der Waals surface area contributed by atoms with E-state index in [0.717, 1.165) is 16.9 Å². The van der Waals surface area contributed by atoms with E-state index in [1.807, 2.05) is 24.3 Å². The van der Waals surface area contributed by atoms with E-state index >= 15 is 0 Å². The molecule has 0 saturated heterocycles. The topological polar surface area (TPSA) is 55.1 Å². The molecule has 0 aliphatic carbocycles. The van der Waals surface area contributed by atoms with Crippen molar-refractivity contribution in [2.24, 2.45) is 0 Å². The number of carboxylic acids is 1. The number of benzene rings is 2. The zero-order valence-electron chi connectivity index (χ0n) is 15.6. The van der Waals surface area contributed by atoms with Crippen molar-refractivity contribution in [2.75, 3.05) is 0 Å². The lowest BCUT2D eigenvalue weighted by molar-refractivity contribution is 0.0690. The first-order chi connectivity index (χ1) is 12.4. The molecule has 0 saturated carbocycles. The second-order valence-corrected chi connectivity index (χ2v) is 7.15. The van der Waals surface area contributed by atoms with Crippen molar-refractivity contribution in [3.8, 4) is 16.9 Å². The van der Waals surface area contributed by atoms with Gasteiger partial charge in [-0.15, -0.1) is 0 Å². The molecule has 0 amide bonds. The summed E-state index contributed by atoms with van der Waals surface area (Å²) in [5, 5.41) is 13.7. The predicted molar refractivity (Wildman–Crippen MR) is 104 cm³/mol. The molecule has 0 unspecified atom stereocenters. The van der Waals surface area contributed by atoms with Crippen LogP contribution in [0.3, 0.4) is 0 Å². The van der Waals surface area contributed by atoms with Crippen LogP contribution in [-0.4, -0.2) is 20.9 Å². The largest absolute Gasteiger partial charge is 0.476 e. The third-order valence-electron chi connectivity index (χ3n) is 4.61. The van der Waals surface area contributed by atoms with Crippen LogP contribution in [0, 0.1) is 0 Å². The predicted octanol–water partition coefficient (Wildman–Crippen LogP) is 5.48. The molecule has 0 atom stereocenters. The van der Waals surface area contributed by atoms with Gasteiger partial charge in [-0.2, -0.15) is 5.10 Å². The van der Waals surface area contributed by atoms with Gasteiger partial charge >= 0.3 is 5.97 Å². The molecular formula is C22H24N2O2. The smallest absolute Gasteiger partial charge is 0.356 e. The van der Waals surface area contributed by atoms with E-state index in [1.54, 1.807) is 10.7 Å². The number of hydrogen-bond donors (Lipinski definition) is 1. The summed E-state index contributed by atoms with van der Waals surface area (Å²) in [4.78, 5) is 11.4. The number of carboxylic acid groups (broad SMARTS) is 1. The molecule has 0 bridgehead atoms. The highest BCUT2D eigenvalue weighted by Gasteiger charge is 2.16. The van der Waals surface area contributed by atoms with E-state index in [1.165, 1.54) is 11.1 Å². The minimum Gasteiger partial charge on any atom is -0.476 e. The van der Waals surface area contributed by atoms with Crippen molar-refractivity contribution < 1.29 is 9.90 Å². The van der Waals surface area contributed by atoms with Gasteiger partial charge in [0.05, 0.1) is 11.4 Å². The van der Waals surface area contributed by atoms with Crippen LogP contribution in [0.15, 0.2) is 54.6 Å². The molecular weight excluding hydrogens is 324 g/mol. The number of hydrogen-bond acceptors (Lipinski definition) is 2. The van der Waals surface area contributed by atoms with Gasteiger partial charge in [0.2, 0.25) is 0 Å². The van der Waals surface area contributed by atoms with Crippen LogP contribution in [0.2, 0.25) is 0 Å². The fourth-order valence-electron chi connectivity index (χ4n) is 2.93. The molecule has 1 N–H and O–H groups in total. The van der Waals surface area contributed by atoms with E-state index in [-0.39, 0.29) is 5.69 Å². The molecule has 26 heavy (non-hydrogen) atoms. The lowest BCUT2D eigenvalue weighted by Crippen LogP contribution is -2.02.